The number of amides is 1. The molecule has 1 unspecified atom stereocenters. The summed E-state index contributed by atoms with van der Waals surface area (Å²) in [5.41, 5.74) is 0. The Hall–Kier alpha value is -1.04. The van der Waals surface area contributed by atoms with Gasteiger partial charge in [0.25, 0.3) is 0 Å². The number of thiol groups is 1. The molecule has 1 N–H and O–H groups in total. The van der Waals surface area contributed by atoms with Gasteiger partial charge >= 0.3 is 0 Å². The molecule has 0 aliphatic heterocycles. The minimum Gasteiger partial charge on any atom is -0.346 e. The molecule has 0 bridgehead atoms. The number of aromatic nitrogens is 3. The first-order valence-corrected chi connectivity index (χ1v) is 4.52. The fraction of sp³-hybridized carbons (Fsp3) is 0.571. The van der Waals surface area contributed by atoms with Crippen molar-refractivity contribution in [3.05, 3.63) is 12.2 Å². The number of hydrogen-bond acceptors (Lipinski definition) is 4. The average molecular weight is 200 g/mol. The van der Waals surface area contributed by atoms with Crippen LogP contribution in [0.2, 0.25) is 0 Å². The van der Waals surface area contributed by atoms with Gasteiger partial charge < -0.3 is 5.32 Å². The van der Waals surface area contributed by atoms with E-state index in [2.05, 4.69) is 28.0 Å². The highest BCUT2D eigenvalue weighted by Gasteiger charge is 2.11. The van der Waals surface area contributed by atoms with Crippen LogP contribution in [0.5, 0.6) is 0 Å². The Morgan fingerprint density at radius 3 is 3.00 bits per heavy atom. The molecule has 13 heavy (non-hydrogen) atoms. The molecule has 72 valence electrons. The van der Waals surface area contributed by atoms with Gasteiger partial charge in [-0.15, -0.1) is 0 Å². The zero-order valence-electron chi connectivity index (χ0n) is 7.56. The van der Waals surface area contributed by atoms with Crippen LogP contribution in [0.1, 0.15) is 18.8 Å². The topological polar surface area (TPSA) is 59.8 Å². The molecule has 0 aromatic carbocycles. The van der Waals surface area contributed by atoms with Gasteiger partial charge in [-0.2, -0.15) is 17.7 Å². The second-order valence-electron chi connectivity index (χ2n) is 2.72. The SMILES string of the molecule is CC(NC(=O)CS)c1ncn(C)n1. The summed E-state index contributed by atoms with van der Waals surface area (Å²) in [7, 11) is 1.78. The van der Waals surface area contributed by atoms with Gasteiger partial charge in [0.2, 0.25) is 5.91 Å². The van der Waals surface area contributed by atoms with Gasteiger partial charge in [0.05, 0.1) is 11.8 Å². The van der Waals surface area contributed by atoms with Crippen molar-refractivity contribution >= 4 is 18.5 Å². The number of hydrogen-bond donors (Lipinski definition) is 2. The predicted molar refractivity (Wildman–Crippen MR) is 51.4 cm³/mol. The van der Waals surface area contributed by atoms with Crippen molar-refractivity contribution < 1.29 is 4.79 Å². The van der Waals surface area contributed by atoms with Gasteiger partial charge in [-0.1, -0.05) is 0 Å². The summed E-state index contributed by atoms with van der Waals surface area (Å²) < 4.78 is 1.60. The van der Waals surface area contributed by atoms with Crippen molar-refractivity contribution in [1.29, 1.82) is 0 Å². The van der Waals surface area contributed by atoms with E-state index in [4.69, 9.17) is 0 Å². The van der Waals surface area contributed by atoms with Gasteiger partial charge in [0.15, 0.2) is 5.82 Å². The van der Waals surface area contributed by atoms with Crippen molar-refractivity contribution in [3.8, 4) is 0 Å². The maximum atomic E-state index is 11.0. The molecule has 0 aliphatic carbocycles. The molecule has 0 saturated heterocycles. The molecule has 0 saturated carbocycles. The molecule has 5 nitrogen and oxygen atoms in total. The van der Waals surface area contributed by atoms with Crippen molar-refractivity contribution in [2.45, 2.75) is 13.0 Å². The molecule has 1 rings (SSSR count). The average Bonchev–Trinajstić information content (AvgIpc) is 2.51. The molecular formula is C7H12N4OS. The second-order valence-corrected chi connectivity index (χ2v) is 3.04. The summed E-state index contributed by atoms with van der Waals surface area (Å²) in [5, 5.41) is 6.77. The molecule has 0 fully saturated rings. The summed E-state index contributed by atoms with van der Waals surface area (Å²) in [6.07, 6.45) is 1.60. The van der Waals surface area contributed by atoms with Crippen molar-refractivity contribution in [3.63, 3.8) is 0 Å². The van der Waals surface area contributed by atoms with Gasteiger partial charge in [-0.3, -0.25) is 9.48 Å². The number of nitrogens with zero attached hydrogens (tertiary/aromatic N) is 3. The molecule has 0 spiro atoms. The second kappa shape index (κ2) is 4.27. The highest BCUT2D eigenvalue weighted by atomic mass is 32.1. The number of nitrogens with one attached hydrogen (secondary N) is 1. The molecule has 1 atom stereocenters. The van der Waals surface area contributed by atoms with E-state index >= 15 is 0 Å². The lowest BCUT2D eigenvalue weighted by atomic mass is 10.3. The van der Waals surface area contributed by atoms with Crippen LogP contribution in [-0.2, 0) is 11.8 Å². The third-order valence-electron chi connectivity index (χ3n) is 1.53. The molecule has 0 radical (unpaired) electrons. The van der Waals surface area contributed by atoms with Crippen LogP contribution < -0.4 is 5.32 Å². The summed E-state index contributed by atoms with van der Waals surface area (Å²) in [4.78, 5) is 15.0. The van der Waals surface area contributed by atoms with Gasteiger partial charge in [0.1, 0.15) is 6.33 Å². The first kappa shape index (κ1) is 10.0. The Morgan fingerprint density at radius 2 is 2.54 bits per heavy atom. The van der Waals surface area contributed by atoms with Crippen LogP contribution in [0.3, 0.4) is 0 Å². The van der Waals surface area contributed by atoms with E-state index in [0.29, 0.717) is 5.82 Å². The monoisotopic (exact) mass is 200 g/mol. The Kier molecular flexibility index (Phi) is 3.30. The largest absolute Gasteiger partial charge is 0.346 e. The fourth-order valence-electron chi connectivity index (χ4n) is 0.906. The van der Waals surface area contributed by atoms with E-state index < -0.39 is 0 Å². The third kappa shape index (κ3) is 2.73. The van der Waals surface area contributed by atoms with Gasteiger partial charge in [-0.05, 0) is 6.92 Å². The maximum Gasteiger partial charge on any atom is 0.230 e. The zero-order valence-corrected chi connectivity index (χ0v) is 8.45. The van der Waals surface area contributed by atoms with Crippen LogP contribution in [0.4, 0.5) is 0 Å². The molecule has 1 amide bonds. The molecule has 0 aliphatic rings. The van der Waals surface area contributed by atoms with Crippen LogP contribution in [0.25, 0.3) is 0 Å². The first-order chi connectivity index (χ1) is 6.13. The standard InChI is InChI=1S/C7H12N4OS/c1-5(9-6(12)3-13)7-8-4-11(2)10-7/h4-5,13H,3H2,1-2H3,(H,9,12). The minimum atomic E-state index is -0.166. The lowest BCUT2D eigenvalue weighted by molar-refractivity contribution is -0.119. The predicted octanol–water partition coefficient (Wildman–Crippen LogP) is -0.0779. The summed E-state index contributed by atoms with van der Waals surface area (Å²) in [6, 6.07) is -0.166. The number of carbonyl (C=O) groups excluding carboxylic acids is 1. The quantitative estimate of drug-likeness (QED) is 0.671. The van der Waals surface area contributed by atoms with E-state index in [9.17, 15) is 4.79 Å². The molecule has 6 heteroatoms. The van der Waals surface area contributed by atoms with Crippen LogP contribution in [0, 0.1) is 0 Å². The minimum absolute atomic E-state index is 0.122. The Bertz CT molecular complexity index is 298. The van der Waals surface area contributed by atoms with Crippen LogP contribution in [-0.4, -0.2) is 26.4 Å². The van der Waals surface area contributed by atoms with Crippen molar-refractivity contribution in [1.82, 2.24) is 20.1 Å². The highest BCUT2D eigenvalue weighted by Crippen LogP contribution is 2.04. The van der Waals surface area contributed by atoms with E-state index in [-0.39, 0.29) is 17.7 Å². The lowest BCUT2D eigenvalue weighted by Crippen LogP contribution is -2.28. The summed E-state index contributed by atoms with van der Waals surface area (Å²) >= 11 is 3.85. The van der Waals surface area contributed by atoms with Crippen molar-refractivity contribution in [2.75, 3.05) is 5.75 Å². The van der Waals surface area contributed by atoms with E-state index in [1.807, 2.05) is 6.92 Å². The fourth-order valence-corrected chi connectivity index (χ4v) is 0.997. The normalized spacial score (nSPS) is 12.5. The summed E-state index contributed by atoms with van der Waals surface area (Å²) in [5.74, 6) is 0.665. The molecule has 1 heterocycles. The molecular weight excluding hydrogens is 188 g/mol. The number of carbonyl (C=O) groups is 1. The molecule has 1 aromatic rings. The first-order valence-electron chi connectivity index (χ1n) is 3.89. The number of rotatable bonds is 3. The van der Waals surface area contributed by atoms with Gasteiger partial charge in [0, 0.05) is 7.05 Å². The zero-order chi connectivity index (χ0) is 9.84. The summed E-state index contributed by atoms with van der Waals surface area (Å²) in [6.45, 7) is 1.83. The van der Waals surface area contributed by atoms with E-state index in [0.717, 1.165) is 0 Å². The Morgan fingerprint density at radius 1 is 1.85 bits per heavy atom. The third-order valence-corrected chi connectivity index (χ3v) is 1.81. The smallest absolute Gasteiger partial charge is 0.230 e. The van der Waals surface area contributed by atoms with E-state index in [1.54, 1.807) is 18.1 Å². The van der Waals surface area contributed by atoms with Gasteiger partial charge in [-0.25, -0.2) is 4.98 Å². The maximum absolute atomic E-state index is 11.0. The lowest BCUT2D eigenvalue weighted by Gasteiger charge is -2.08. The highest BCUT2D eigenvalue weighted by molar-refractivity contribution is 7.81. The Balaban J connectivity index is 2.58. The van der Waals surface area contributed by atoms with Crippen LogP contribution >= 0.6 is 12.6 Å². The van der Waals surface area contributed by atoms with E-state index in [1.165, 1.54) is 0 Å². The number of aryl methyl sites for hydroxylation is 1. The van der Waals surface area contributed by atoms with Crippen LogP contribution in [0.15, 0.2) is 6.33 Å². The Labute approximate surface area is 81.9 Å². The molecule has 1 aromatic heterocycles. The van der Waals surface area contributed by atoms with Crippen molar-refractivity contribution in [2.24, 2.45) is 7.05 Å².